The van der Waals surface area contributed by atoms with Crippen molar-refractivity contribution in [2.45, 2.75) is 108 Å². The van der Waals surface area contributed by atoms with Crippen LogP contribution in [0.4, 0.5) is 8.78 Å². The summed E-state index contributed by atoms with van der Waals surface area (Å²) in [4.78, 5) is 24.0. The summed E-state index contributed by atoms with van der Waals surface area (Å²) in [7, 11) is 0. The predicted octanol–water partition coefficient (Wildman–Crippen LogP) is 5.84. The van der Waals surface area contributed by atoms with Crippen molar-refractivity contribution in [2.75, 3.05) is 6.54 Å². The molecular formula is C27H41F2NO4. The Hall–Kier alpha value is -2.02. The van der Waals surface area contributed by atoms with E-state index in [0.717, 1.165) is 32.1 Å². The van der Waals surface area contributed by atoms with Gasteiger partial charge in [0, 0.05) is 25.4 Å². The monoisotopic (exact) mass is 481 g/mol. The van der Waals surface area contributed by atoms with E-state index >= 15 is 0 Å². The Kier molecular flexibility index (Phi) is 11.9. The van der Waals surface area contributed by atoms with Crippen LogP contribution in [0, 0.1) is 5.92 Å². The number of likely N-dealkylation sites (tertiary alicyclic amines) is 1. The summed E-state index contributed by atoms with van der Waals surface area (Å²) in [5.41, 5.74) is 1.34. The number of hydrogen-bond acceptors (Lipinski definition) is 3. The fraction of sp³-hybridized carbons (Fsp3) is 0.704. The number of amides is 1. The molecule has 0 aliphatic carbocycles. The Labute approximate surface area is 202 Å². The lowest BCUT2D eigenvalue weighted by atomic mass is 9.92. The van der Waals surface area contributed by atoms with E-state index < -0.39 is 36.4 Å². The van der Waals surface area contributed by atoms with Crippen molar-refractivity contribution in [3.05, 3.63) is 35.9 Å². The molecule has 0 radical (unpaired) electrons. The molecule has 1 aromatic carbocycles. The third-order valence-electron chi connectivity index (χ3n) is 6.97. The molecule has 1 aliphatic rings. The second kappa shape index (κ2) is 14.4. The molecule has 7 heteroatoms. The molecular weight excluding hydrogens is 440 g/mol. The van der Waals surface area contributed by atoms with Gasteiger partial charge in [-0.2, -0.15) is 8.78 Å². The van der Waals surface area contributed by atoms with Crippen molar-refractivity contribution in [1.29, 1.82) is 0 Å². The highest BCUT2D eigenvalue weighted by Gasteiger charge is 2.52. The van der Waals surface area contributed by atoms with Gasteiger partial charge in [0.05, 0.1) is 6.10 Å². The van der Waals surface area contributed by atoms with Gasteiger partial charge in [0.15, 0.2) is 0 Å². The number of rotatable bonds is 17. The summed E-state index contributed by atoms with van der Waals surface area (Å²) in [6.45, 7) is 2.27. The Bertz CT molecular complexity index is 743. The van der Waals surface area contributed by atoms with Crippen LogP contribution in [0.15, 0.2) is 30.3 Å². The van der Waals surface area contributed by atoms with E-state index in [1.165, 1.54) is 10.5 Å². The van der Waals surface area contributed by atoms with Crippen LogP contribution in [0.25, 0.3) is 0 Å². The Morgan fingerprint density at radius 1 is 1.06 bits per heavy atom. The number of nitrogens with zero attached hydrogens (tertiary/aromatic N) is 1. The van der Waals surface area contributed by atoms with Crippen LogP contribution in [0.1, 0.15) is 89.5 Å². The molecule has 2 rings (SSSR count). The van der Waals surface area contributed by atoms with Crippen LogP contribution in [0.3, 0.4) is 0 Å². The van der Waals surface area contributed by atoms with Gasteiger partial charge in [-0.05, 0) is 56.4 Å². The molecule has 1 aromatic rings. The minimum Gasteiger partial charge on any atom is -0.481 e. The Balaban J connectivity index is 1.67. The maximum absolute atomic E-state index is 14.1. The van der Waals surface area contributed by atoms with Crippen molar-refractivity contribution in [2.24, 2.45) is 5.92 Å². The summed E-state index contributed by atoms with van der Waals surface area (Å²) >= 11 is 0. The van der Waals surface area contributed by atoms with Crippen LogP contribution < -0.4 is 0 Å². The molecule has 0 aromatic heterocycles. The van der Waals surface area contributed by atoms with Crippen LogP contribution in [0.2, 0.25) is 0 Å². The van der Waals surface area contributed by atoms with Crippen molar-refractivity contribution >= 4 is 11.9 Å². The molecule has 1 aliphatic heterocycles. The fourth-order valence-electron chi connectivity index (χ4n) is 4.78. The molecule has 5 nitrogen and oxygen atoms in total. The first-order valence-corrected chi connectivity index (χ1v) is 12.8. The number of unbranched alkanes of at least 4 members (excludes halogenated alkanes) is 5. The van der Waals surface area contributed by atoms with Crippen molar-refractivity contribution in [3.8, 4) is 0 Å². The van der Waals surface area contributed by atoms with Gasteiger partial charge in [-0.15, -0.1) is 0 Å². The second-order valence-electron chi connectivity index (χ2n) is 9.83. The quantitative estimate of drug-likeness (QED) is 0.274. The molecule has 2 unspecified atom stereocenters. The van der Waals surface area contributed by atoms with Crippen molar-refractivity contribution < 1.29 is 28.6 Å². The number of carbonyl (C=O) groups is 2. The molecule has 3 atom stereocenters. The average molecular weight is 482 g/mol. The second-order valence-corrected chi connectivity index (χ2v) is 9.83. The van der Waals surface area contributed by atoms with Gasteiger partial charge in [-0.1, -0.05) is 62.9 Å². The number of aliphatic hydroxyl groups excluding tert-OH is 1. The van der Waals surface area contributed by atoms with Crippen LogP contribution in [0.5, 0.6) is 0 Å². The van der Waals surface area contributed by atoms with Gasteiger partial charge in [-0.3, -0.25) is 9.59 Å². The number of aryl methyl sites for hydroxylation is 1. The van der Waals surface area contributed by atoms with E-state index in [0.29, 0.717) is 38.5 Å². The highest BCUT2D eigenvalue weighted by molar-refractivity contribution is 5.86. The minimum atomic E-state index is -3.33. The van der Waals surface area contributed by atoms with Crippen molar-refractivity contribution in [3.63, 3.8) is 0 Å². The maximum atomic E-state index is 14.1. The molecule has 1 fully saturated rings. The van der Waals surface area contributed by atoms with Gasteiger partial charge < -0.3 is 15.1 Å². The van der Waals surface area contributed by atoms with Gasteiger partial charge in [-0.25, -0.2) is 0 Å². The Morgan fingerprint density at radius 3 is 2.44 bits per heavy atom. The minimum absolute atomic E-state index is 0.0945. The molecule has 34 heavy (non-hydrogen) atoms. The van der Waals surface area contributed by atoms with Crippen LogP contribution in [-0.2, 0) is 16.0 Å². The highest BCUT2D eigenvalue weighted by atomic mass is 19.3. The summed E-state index contributed by atoms with van der Waals surface area (Å²) in [6.07, 6.45) is 7.58. The van der Waals surface area contributed by atoms with Gasteiger partial charge in [0.25, 0.3) is 5.91 Å². The highest BCUT2D eigenvalue weighted by Crippen LogP contribution is 2.36. The zero-order valence-electron chi connectivity index (χ0n) is 20.4. The lowest BCUT2D eigenvalue weighted by Crippen LogP contribution is -2.37. The maximum Gasteiger partial charge on any atom is 0.326 e. The fourth-order valence-corrected chi connectivity index (χ4v) is 4.78. The zero-order valence-corrected chi connectivity index (χ0v) is 20.4. The summed E-state index contributed by atoms with van der Waals surface area (Å²) in [6, 6.07) is 9.82. The van der Waals surface area contributed by atoms with Crippen LogP contribution in [-0.4, -0.2) is 51.6 Å². The molecule has 0 spiro atoms. The van der Waals surface area contributed by atoms with Crippen molar-refractivity contribution in [1.82, 2.24) is 4.90 Å². The van der Waals surface area contributed by atoms with E-state index in [1.807, 2.05) is 25.1 Å². The molecule has 0 bridgehead atoms. The third-order valence-corrected chi connectivity index (χ3v) is 6.97. The lowest BCUT2D eigenvalue weighted by molar-refractivity contribution is -0.148. The Morgan fingerprint density at radius 2 is 1.74 bits per heavy atom. The number of carboxylic acids is 1. The molecule has 1 heterocycles. The number of hydrogen-bond donors (Lipinski definition) is 2. The van der Waals surface area contributed by atoms with E-state index in [2.05, 4.69) is 12.1 Å². The number of aliphatic carboxylic acids is 1. The van der Waals surface area contributed by atoms with E-state index in [-0.39, 0.29) is 18.9 Å². The normalized spacial score (nSPS) is 19.4. The third kappa shape index (κ3) is 9.69. The lowest BCUT2D eigenvalue weighted by Gasteiger charge is -2.26. The molecule has 1 saturated heterocycles. The zero-order chi connectivity index (χ0) is 25.0. The largest absolute Gasteiger partial charge is 0.481 e. The number of benzene rings is 1. The van der Waals surface area contributed by atoms with Gasteiger partial charge in [0.1, 0.15) is 0 Å². The first-order chi connectivity index (χ1) is 16.2. The number of carboxylic acid groups (broad SMARTS) is 1. The number of carbonyl (C=O) groups excluding carboxylic acids is 1. The summed E-state index contributed by atoms with van der Waals surface area (Å²) in [5, 5.41) is 19.2. The standard InChI is InChI=1S/C27H41F2NO4/c1-21(12-6-4-7-13-22-14-8-5-9-15-22)24(31)18-17-23-20-27(28,29)26(34)30(23)19-11-3-2-10-16-25(32)33/h5,8-9,14-15,21,23-24,31H,2-4,6-7,10-13,16-20H2,1H3,(H,32,33)/t21?,23-,24?/m0/s1. The SMILES string of the molecule is CC(CCCCCc1ccccc1)C(O)CC[C@H]1CC(F)(F)C(=O)N1CCCCCCC(=O)O. The molecule has 1 amide bonds. The number of halogens is 2. The summed E-state index contributed by atoms with van der Waals surface area (Å²) in [5.74, 6) is -5.18. The van der Waals surface area contributed by atoms with E-state index in [1.54, 1.807) is 0 Å². The van der Waals surface area contributed by atoms with Gasteiger partial charge >= 0.3 is 11.9 Å². The topological polar surface area (TPSA) is 77.8 Å². The van der Waals surface area contributed by atoms with E-state index in [4.69, 9.17) is 5.11 Å². The first kappa shape index (κ1) is 28.2. The number of aliphatic hydroxyl groups is 1. The van der Waals surface area contributed by atoms with Gasteiger partial charge in [0.2, 0.25) is 0 Å². The van der Waals surface area contributed by atoms with E-state index in [9.17, 15) is 23.5 Å². The van der Waals surface area contributed by atoms with Crippen LogP contribution >= 0.6 is 0 Å². The number of alkyl halides is 2. The smallest absolute Gasteiger partial charge is 0.326 e. The summed E-state index contributed by atoms with van der Waals surface area (Å²) < 4.78 is 28.2. The molecule has 192 valence electrons. The molecule has 0 saturated carbocycles. The average Bonchev–Trinajstić information content (AvgIpc) is 3.02. The predicted molar refractivity (Wildman–Crippen MR) is 129 cm³/mol. The molecule has 2 N–H and O–H groups in total. The first-order valence-electron chi connectivity index (χ1n) is 12.8.